The van der Waals surface area contributed by atoms with Crippen LogP contribution in [0.3, 0.4) is 0 Å². The summed E-state index contributed by atoms with van der Waals surface area (Å²) in [5, 5.41) is 0.409. The number of halogens is 1. The number of nitrogens with zero attached hydrogens (tertiary/aromatic N) is 1. The van der Waals surface area contributed by atoms with Gasteiger partial charge in [0.1, 0.15) is 5.75 Å². The summed E-state index contributed by atoms with van der Waals surface area (Å²) in [7, 11) is 0. The van der Waals surface area contributed by atoms with Gasteiger partial charge >= 0.3 is 11.4 Å². The first-order valence-electron chi connectivity index (χ1n) is 9.74. The number of benzene rings is 2. The summed E-state index contributed by atoms with van der Waals surface area (Å²) in [5.74, 6) is 0.204. The van der Waals surface area contributed by atoms with Crippen molar-refractivity contribution in [1.29, 1.82) is 0 Å². The van der Waals surface area contributed by atoms with Crippen molar-refractivity contribution in [3.8, 4) is 5.75 Å². The lowest BCUT2D eigenvalue weighted by molar-refractivity contribution is 0.300. The highest BCUT2D eigenvalue weighted by Crippen LogP contribution is 2.25. The molecule has 3 rings (SSSR count). The van der Waals surface area contributed by atoms with Crippen LogP contribution in [0.15, 0.2) is 54.9 Å². The van der Waals surface area contributed by atoms with E-state index < -0.39 is 11.4 Å². The van der Waals surface area contributed by atoms with E-state index in [0.29, 0.717) is 28.5 Å². The summed E-state index contributed by atoms with van der Waals surface area (Å²) in [4.78, 5) is 24.3. The van der Waals surface area contributed by atoms with E-state index in [1.54, 1.807) is 6.07 Å². The molecule has 1 heterocycles. The van der Waals surface area contributed by atoms with Gasteiger partial charge in [-0.1, -0.05) is 32.9 Å². The maximum atomic E-state index is 12.2. The zero-order valence-corrected chi connectivity index (χ0v) is 18.8. The average Bonchev–Trinajstić information content (AvgIpc) is 2.63. The minimum atomic E-state index is -0.634. The fourth-order valence-corrected chi connectivity index (χ4v) is 4.05. The molecular formula is C23H26BrNO4. The van der Waals surface area contributed by atoms with Gasteiger partial charge in [-0.05, 0) is 76.5 Å². The van der Waals surface area contributed by atoms with E-state index >= 15 is 0 Å². The fraction of sp³-hybridized carbons (Fsp3) is 0.391. The Morgan fingerprint density at radius 1 is 1.07 bits per heavy atom. The number of unbranched alkanes of at least 4 members (excludes halogenated alkanes) is 1. The van der Waals surface area contributed by atoms with Crippen LogP contribution in [0.4, 0.5) is 0 Å². The lowest BCUT2D eigenvalue weighted by Gasteiger charge is -2.19. The molecule has 2 aromatic carbocycles. The van der Waals surface area contributed by atoms with E-state index in [9.17, 15) is 9.59 Å². The van der Waals surface area contributed by atoms with Crippen LogP contribution in [0.2, 0.25) is 0 Å². The van der Waals surface area contributed by atoms with Gasteiger partial charge in [0.05, 0.1) is 17.5 Å². The summed E-state index contributed by atoms with van der Waals surface area (Å²) >= 11 is 3.47. The van der Waals surface area contributed by atoms with Gasteiger partial charge in [-0.25, -0.2) is 9.59 Å². The molecule has 154 valence electrons. The van der Waals surface area contributed by atoms with E-state index in [2.05, 4.69) is 48.8 Å². The SMILES string of the molecule is Cc1cc(Br)c2c(c1)c(=O)oc(=O)n2CCCCOc1ccc(C(C)(C)C)cc1. The van der Waals surface area contributed by atoms with Crippen LogP contribution in [0, 0.1) is 6.92 Å². The lowest BCUT2D eigenvalue weighted by Crippen LogP contribution is -2.25. The van der Waals surface area contributed by atoms with Gasteiger partial charge in [0, 0.05) is 11.0 Å². The summed E-state index contributed by atoms with van der Waals surface area (Å²) in [6.07, 6.45) is 1.50. The molecule has 0 unspecified atom stereocenters. The average molecular weight is 460 g/mol. The standard InChI is InChI=1S/C23H26BrNO4/c1-15-13-18-20(19(24)14-15)25(22(27)29-21(18)26)11-5-6-12-28-17-9-7-16(8-10-17)23(2,3)4/h7-10,13-14H,5-6,11-12H2,1-4H3. The third kappa shape index (κ3) is 4.99. The number of rotatable bonds is 6. The van der Waals surface area contributed by atoms with E-state index in [1.807, 2.05) is 25.1 Å². The molecule has 1 aromatic heterocycles. The minimum absolute atomic E-state index is 0.117. The predicted octanol–water partition coefficient (Wildman–Crippen LogP) is 5.18. The van der Waals surface area contributed by atoms with Gasteiger partial charge in [-0.2, -0.15) is 0 Å². The minimum Gasteiger partial charge on any atom is -0.494 e. The van der Waals surface area contributed by atoms with Crippen molar-refractivity contribution in [3.05, 3.63) is 73.0 Å². The Morgan fingerprint density at radius 3 is 2.41 bits per heavy atom. The molecule has 29 heavy (non-hydrogen) atoms. The summed E-state index contributed by atoms with van der Waals surface area (Å²) in [6.45, 7) is 9.44. The zero-order valence-electron chi connectivity index (χ0n) is 17.3. The van der Waals surface area contributed by atoms with Crippen molar-refractivity contribution in [1.82, 2.24) is 4.57 Å². The molecule has 0 fully saturated rings. The zero-order chi connectivity index (χ0) is 21.2. The smallest absolute Gasteiger partial charge is 0.422 e. The third-order valence-corrected chi connectivity index (χ3v) is 5.47. The molecule has 0 aliphatic rings. The Labute approximate surface area is 178 Å². The van der Waals surface area contributed by atoms with Crippen molar-refractivity contribution in [2.75, 3.05) is 6.61 Å². The van der Waals surface area contributed by atoms with E-state index in [4.69, 9.17) is 9.15 Å². The van der Waals surface area contributed by atoms with Crippen LogP contribution < -0.4 is 16.1 Å². The molecule has 5 nitrogen and oxygen atoms in total. The molecule has 3 aromatic rings. The summed E-state index contributed by atoms with van der Waals surface area (Å²) in [6, 6.07) is 11.8. The van der Waals surface area contributed by atoms with E-state index in [1.165, 1.54) is 10.1 Å². The largest absolute Gasteiger partial charge is 0.494 e. The number of fused-ring (bicyclic) bond motifs is 1. The highest BCUT2D eigenvalue weighted by Gasteiger charge is 2.14. The van der Waals surface area contributed by atoms with Crippen molar-refractivity contribution in [2.24, 2.45) is 0 Å². The van der Waals surface area contributed by atoms with Gasteiger partial charge in [-0.3, -0.25) is 4.57 Å². The Morgan fingerprint density at radius 2 is 1.76 bits per heavy atom. The first-order chi connectivity index (χ1) is 13.7. The van der Waals surface area contributed by atoms with E-state index in [-0.39, 0.29) is 5.41 Å². The Hall–Kier alpha value is -2.34. The molecule has 0 saturated carbocycles. The maximum absolute atomic E-state index is 12.2. The number of hydrogen-bond acceptors (Lipinski definition) is 4. The molecule has 0 amide bonds. The Kier molecular flexibility index (Phi) is 6.32. The van der Waals surface area contributed by atoms with Crippen LogP contribution >= 0.6 is 15.9 Å². The van der Waals surface area contributed by atoms with Gasteiger partial charge in [-0.15, -0.1) is 0 Å². The normalized spacial score (nSPS) is 11.8. The number of ether oxygens (including phenoxy) is 1. The van der Waals surface area contributed by atoms with Gasteiger partial charge in [0.15, 0.2) is 0 Å². The van der Waals surface area contributed by atoms with Crippen molar-refractivity contribution < 1.29 is 9.15 Å². The second-order valence-electron chi connectivity index (χ2n) is 8.28. The van der Waals surface area contributed by atoms with Crippen LogP contribution in [-0.4, -0.2) is 11.2 Å². The molecule has 0 aliphatic carbocycles. The van der Waals surface area contributed by atoms with Crippen LogP contribution in [-0.2, 0) is 12.0 Å². The van der Waals surface area contributed by atoms with Crippen LogP contribution in [0.25, 0.3) is 10.9 Å². The van der Waals surface area contributed by atoms with Crippen molar-refractivity contribution in [3.63, 3.8) is 0 Å². The summed E-state index contributed by atoms with van der Waals surface area (Å²) < 4.78 is 12.9. The van der Waals surface area contributed by atoms with Gasteiger partial charge in [0.25, 0.3) is 0 Å². The molecule has 0 N–H and O–H groups in total. The summed E-state index contributed by atoms with van der Waals surface area (Å²) in [5.41, 5.74) is 2.28. The number of aryl methyl sites for hydroxylation is 2. The topological polar surface area (TPSA) is 61.4 Å². The lowest BCUT2D eigenvalue weighted by atomic mass is 9.87. The first-order valence-corrected chi connectivity index (χ1v) is 10.5. The first kappa shape index (κ1) is 21.4. The second-order valence-corrected chi connectivity index (χ2v) is 9.13. The quantitative estimate of drug-likeness (QED) is 0.476. The monoisotopic (exact) mass is 459 g/mol. The highest BCUT2D eigenvalue weighted by atomic mass is 79.9. The molecule has 0 aliphatic heterocycles. The second kappa shape index (κ2) is 8.57. The molecule has 0 atom stereocenters. The fourth-order valence-electron chi connectivity index (χ4n) is 3.26. The van der Waals surface area contributed by atoms with Crippen LogP contribution in [0.1, 0.15) is 44.7 Å². The predicted molar refractivity (Wildman–Crippen MR) is 119 cm³/mol. The van der Waals surface area contributed by atoms with Crippen molar-refractivity contribution >= 4 is 26.8 Å². The van der Waals surface area contributed by atoms with Gasteiger partial charge < -0.3 is 9.15 Å². The van der Waals surface area contributed by atoms with Crippen molar-refractivity contribution in [2.45, 2.75) is 52.5 Å². The molecule has 0 saturated heterocycles. The molecule has 0 bridgehead atoms. The third-order valence-electron chi connectivity index (χ3n) is 4.86. The number of hydrogen-bond donors (Lipinski definition) is 0. The molecular weight excluding hydrogens is 434 g/mol. The Bertz CT molecular complexity index is 1120. The molecule has 6 heteroatoms. The van der Waals surface area contributed by atoms with Crippen LogP contribution in [0.5, 0.6) is 5.75 Å². The van der Waals surface area contributed by atoms with E-state index in [0.717, 1.165) is 24.2 Å². The highest BCUT2D eigenvalue weighted by molar-refractivity contribution is 9.10. The van der Waals surface area contributed by atoms with Gasteiger partial charge in [0.2, 0.25) is 0 Å². The maximum Gasteiger partial charge on any atom is 0.422 e. The molecule has 0 spiro atoms. The number of aromatic nitrogens is 1. The molecule has 0 radical (unpaired) electrons. The Balaban J connectivity index is 1.63.